The molecule has 0 heterocycles. The summed E-state index contributed by atoms with van der Waals surface area (Å²) in [5.74, 6) is 0. The molecule has 0 aromatic heterocycles. The first-order valence-electron chi connectivity index (χ1n) is 11.6. The molecule has 0 radical (unpaired) electrons. The van der Waals surface area contributed by atoms with Crippen LogP contribution in [0.1, 0.15) is 96.5 Å². The van der Waals surface area contributed by atoms with E-state index in [1.54, 1.807) is 0 Å². The summed E-state index contributed by atoms with van der Waals surface area (Å²) in [7, 11) is 2.53. The van der Waals surface area contributed by atoms with E-state index in [1.807, 2.05) is 0 Å². The quantitative estimate of drug-likeness (QED) is 0.200. The minimum absolute atomic E-state index is 1.24. The number of benzene rings is 1. The zero-order valence-corrected chi connectivity index (χ0v) is 18.1. The monoisotopic (exact) mass is 360 g/mol. The predicted octanol–water partition coefficient (Wildman–Crippen LogP) is 7.40. The lowest BCUT2D eigenvalue weighted by atomic mass is 10.1. The minimum atomic E-state index is 1.24. The van der Waals surface area contributed by atoms with Crippen molar-refractivity contribution in [1.29, 1.82) is 0 Å². The van der Waals surface area contributed by atoms with Crippen molar-refractivity contribution >= 4 is 0 Å². The fraction of sp³-hybridized carbons (Fsp3) is 0.760. The highest BCUT2D eigenvalue weighted by molar-refractivity contribution is 5.14. The summed E-state index contributed by atoms with van der Waals surface area (Å²) in [6.45, 7) is 8.77. The van der Waals surface area contributed by atoms with Gasteiger partial charge in [0.15, 0.2) is 0 Å². The molecule has 0 aliphatic rings. The number of quaternary nitrogens is 1. The fourth-order valence-electron chi connectivity index (χ4n) is 4.00. The second-order valence-electron chi connectivity index (χ2n) is 8.56. The van der Waals surface area contributed by atoms with Gasteiger partial charge < -0.3 is 4.48 Å². The van der Waals surface area contributed by atoms with E-state index in [-0.39, 0.29) is 0 Å². The Hall–Kier alpha value is -0.820. The third-order valence-electron chi connectivity index (χ3n) is 5.86. The van der Waals surface area contributed by atoms with E-state index in [1.165, 1.54) is 113 Å². The molecule has 26 heavy (non-hydrogen) atoms. The number of unbranched alkanes of at least 4 members (excludes halogenated alkanes) is 9. The molecule has 1 aromatic carbocycles. The zero-order chi connectivity index (χ0) is 18.9. The molecule has 0 unspecified atom stereocenters. The van der Waals surface area contributed by atoms with Crippen LogP contribution in [0.4, 0.5) is 0 Å². The topological polar surface area (TPSA) is 0 Å². The van der Waals surface area contributed by atoms with Crippen molar-refractivity contribution in [3.63, 3.8) is 0 Å². The maximum atomic E-state index is 2.53. The third-order valence-corrected chi connectivity index (χ3v) is 5.86. The highest BCUT2D eigenvalue weighted by atomic mass is 15.3. The van der Waals surface area contributed by atoms with Crippen molar-refractivity contribution in [2.45, 2.75) is 97.3 Å². The van der Waals surface area contributed by atoms with E-state index < -0.39 is 0 Å². The molecule has 1 rings (SSSR count). The van der Waals surface area contributed by atoms with Gasteiger partial charge in [0.1, 0.15) is 0 Å². The number of nitrogens with zero attached hydrogens (tertiary/aromatic N) is 1. The van der Waals surface area contributed by atoms with Gasteiger partial charge in [0, 0.05) is 0 Å². The molecule has 1 heteroatoms. The Labute approximate surface area is 164 Å². The molecule has 0 atom stereocenters. The minimum Gasteiger partial charge on any atom is -0.326 e. The summed E-state index contributed by atoms with van der Waals surface area (Å²) >= 11 is 0. The van der Waals surface area contributed by atoms with Gasteiger partial charge in [-0.05, 0) is 50.5 Å². The van der Waals surface area contributed by atoms with E-state index in [0.717, 1.165) is 0 Å². The lowest BCUT2D eigenvalue weighted by Crippen LogP contribution is -2.46. The Morgan fingerprint density at radius 3 is 1.54 bits per heavy atom. The molecule has 0 spiro atoms. The van der Waals surface area contributed by atoms with Crippen LogP contribution in [0.5, 0.6) is 0 Å². The lowest BCUT2D eigenvalue weighted by Gasteiger charge is -2.35. The van der Waals surface area contributed by atoms with Crippen LogP contribution in [-0.4, -0.2) is 31.2 Å². The molecular weight excluding hydrogens is 314 g/mol. The van der Waals surface area contributed by atoms with Gasteiger partial charge in [-0.3, -0.25) is 0 Å². The van der Waals surface area contributed by atoms with Crippen LogP contribution in [0, 0.1) is 0 Å². The van der Waals surface area contributed by atoms with Gasteiger partial charge >= 0.3 is 0 Å². The molecule has 0 aliphatic heterocycles. The molecule has 0 saturated heterocycles. The molecule has 0 aliphatic carbocycles. The largest absolute Gasteiger partial charge is 0.326 e. The van der Waals surface area contributed by atoms with Gasteiger partial charge in [0.2, 0.25) is 0 Å². The number of aryl methyl sites for hydroxylation is 1. The summed E-state index contributed by atoms with van der Waals surface area (Å²) in [5, 5.41) is 0. The zero-order valence-electron chi connectivity index (χ0n) is 18.1. The van der Waals surface area contributed by atoms with Gasteiger partial charge in [-0.2, -0.15) is 0 Å². The molecule has 0 amide bonds. The van der Waals surface area contributed by atoms with E-state index >= 15 is 0 Å². The van der Waals surface area contributed by atoms with Gasteiger partial charge in [0.25, 0.3) is 0 Å². The van der Waals surface area contributed by atoms with Gasteiger partial charge in [0.05, 0.1) is 26.7 Å². The van der Waals surface area contributed by atoms with Crippen molar-refractivity contribution in [1.82, 2.24) is 0 Å². The van der Waals surface area contributed by atoms with E-state index in [9.17, 15) is 0 Å². The normalized spacial score (nSPS) is 11.8. The molecule has 0 N–H and O–H groups in total. The Morgan fingerprint density at radius 2 is 1.04 bits per heavy atom. The van der Waals surface area contributed by atoms with Crippen molar-refractivity contribution in [3.05, 3.63) is 35.9 Å². The summed E-state index contributed by atoms with van der Waals surface area (Å²) in [6, 6.07) is 11.0. The molecule has 0 bridgehead atoms. The summed E-state index contributed by atoms with van der Waals surface area (Å²) in [4.78, 5) is 0. The molecule has 150 valence electrons. The fourth-order valence-corrected chi connectivity index (χ4v) is 4.00. The van der Waals surface area contributed by atoms with Crippen LogP contribution in [0.2, 0.25) is 0 Å². The number of hydrogen-bond acceptors (Lipinski definition) is 0. The Kier molecular flexibility index (Phi) is 13.6. The first kappa shape index (κ1) is 23.2. The SMILES string of the molecule is CCCCCCC[N+](C)(CCCCCCC)CCCCc1ccccc1. The maximum absolute atomic E-state index is 2.53. The maximum Gasteiger partial charge on any atom is 0.0784 e. The molecular formula is C25H46N+. The highest BCUT2D eigenvalue weighted by Crippen LogP contribution is 2.15. The average Bonchev–Trinajstić information content (AvgIpc) is 2.66. The molecule has 0 saturated carbocycles. The van der Waals surface area contributed by atoms with Crippen LogP contribution < -0.4 is 0 Å². The molecule has 0 fully saturated rings. The van der Waals surface area contributed by atoms with Crippen molar-refractivity contribution in [2.24, 2.45) is 0 Å². The standard InChI is InChI=1S/C25H46N/c1-4-6-8-10-16-22-26(3,23-17-11-9-7-5-2)24-18-15-21-25-19-13-12-14-20-25/h12-14,19-20H,4-11,15-18,21-24H2,1-3H3/q+1. The first-order valence-corrected chi connectivity index (χ1v) is 11.6. The average molecular weight is 361 g/mol. The number of hydrogen-bond donors (Lipinski definition) is 0. The van der Waals surface area contributed by atoms with Crippen molar-refractivity contribution in [2.75, 3.05) is 26.7 Å². The second-order valence-corrected chi connectivity index (χ2v) is 8.56. The second kappa shape index (κ2) is 15.3. The summed E-state index contributed by atoms with van der Waals surface area (Å²) in [5.41, 5.74) is 1.50. The van der Waals surface area contributed by atoms with Crippen molar-refractivity contribution in [3.8, 4) is 0 Å². The van der Waals surface area contributed by atoms with Gasteiger partial charge in [-0.25, -0.2) is 0 Å². The van der Waals surface area contributed by atoms with Crippen molar-refractivity contribution < 1.29 is 4.48 Å². The van der Waals surface area contributed by atoms with E-state index in [0.29, 0.717) is 0 Å². The first-order chi connectivity index (χ1) is 12.7. The Morgan fingerprint density at radius 1 is 0.577 bits per heavy atom. The molecule has 1 aromatic rings. The van der Waals surface area contributed by atoms with Crippen LogP contribution >= 0.6 is 0 Å². The smallest absolute Gasteiger partial charge is 0.0784 e. The Bertz CT molecular complexity index is 397. The molecule has 1 nitrogen and oxygen atoms in total. The van der Waals surface area contributed by atoms with E-state index in [4.69, 9.17) is 0 Å². The third kappa shape index (κ3) is 11.7. The Balaban J connectivity index is 2.31. The van der Waals surface area contributed by atoms with Crippen LogP contribution in [0.25, 0.3) is 0 Å². The van der Waals surface area contributed by atoms with E-state index in [2.05, 4.69) is 51.2 Å². The van der Waals surface area contributed by atoms with Gasteiger partial charge in [-0.1, -0.05) is 82.7 Å². The predicted molar refractivity (Wildman–Crippen MR) is 118 cm³/mol. The highest BCUT2D eigenvalue weighted by Gasteiger charge is 2.20. The van der Waals surface area contributed by atoms with Gasteiger partial charge in [-0.15, -0.1) is 0 Å². The van der Waals surface area contributed by atoms with Crippen LogP contribution in [-0.2, 0) is 6.42 Å². The number of rotatable bonds is 17. The summed E-state index contributed by atoms with van der Waals surface area (Å²) in [6.07, 6.45) is 18.0. The lowest BCUT2D eigenvalue weighted by molar-refractivity contribution is -0.910. The summed E-state index contributed by atoms with van der Waals surface area (Å²) < 4.78 is 1.31. The van der Waals surface area contributed by atoms with Crippen LogP contribution in [0.15, 0.2) is 30.3 Å². The van der Waals surface area contributed by atoms with Crippen LogP contribution in [0.3, 0.4) is 0 Å².